The molecular formula is C11H19NO3. The lowest BCUT2D eigenvalue weighted by Crippen LogP contribution is -2.34. The van der Waals surface area contributed by atoms with Crippen LogP contribution in [0.25, 0.3) is 0 Å². The summed E-state index contributed by atoms with van der Waals surface area (Å²) in [6, 6.07) is 0. The van der Waals surface area contributed by atoms with Gasteiger partial charge in [-0.05, 0) is 19.3 Å². The molecule has 0 radical (unpaired) electrons. The van der Waals surface area contributed by atoms with Gasteiger partial charge in [-0.1, -0.05) is 13.8 Å². The van der Waals surface area contributed by atoms with Crippen LogP contribution >= 0.6 is 0 Å². The minimum Gasteiger partial charge on any atom is -0.481 e. The summed E-state index contributed by atoms with van der Waals surface area (Å²) in [7, 11) is 0. The number of nitrogens with zero attached hydrogens (tertiary/aromatic N) is 1. The van der Waals surface area contributed by atoms with Crippen LogP contribution in [-0.2, 0) is 9.59 Å². The molecule has 15 heavy (non-hydrogen) atoms. The number of hydrogen-bond donors (Lipinski definition) is 1. The van der Waals surface area contributed by atoms with Gasteiger partial charge in [-0.25, -0.2) is 0 Å². The Morgan fingerprint density at radius 3 is 2.40 bits per heavy atom. The van der Waals surface area contributed by atoms with Crippen LogP contribution in [0, 0.1) is 11.8 Å². The third-order valence-electron chi connectivity index (χ3n) is 3.18. The molecule has 86 valence electrons. The first kappa shape index (κ1) is 12.0. The number of carboxylic acids is 1. The smallest absolute Gasteiger partial charge is 0.308 e. The second-order valence-electron chi connectivity index (χ2n) is 4.12. The lowest BCUT2D eigenvalue weighted by molar-refractivity contribution is -0.141. The summed E-state index contributed by atoms with van der Waals surface area (Å²) in [5.41, 5.74) is 0. The van der Waals surface area contributed by atoms with E-state index in [2.05, 4.69) is 0 Å². The Bertz CT molecular complexity index is 248. The standard InChI is InChI=1S/C11H19NO3/c1-3-8(4-2)10(13)12-6-5-9(7-12)11(14)15/h8-9H,3-7H2,1-2H3,(H,14,15). The van der Waals surface area contributed by atoms with E-state index in [9.17, 15) is 9.59 Å². The van der Waals surface area contributed by atoms with Gasteiger partial charge in [0.2, 0.25) is 5.91 Å². The number of carboxylic acid groups (broad SMARTS) is 1. The highest BCUT2D eigenvalue weighted by atomic mass is 16.4. The van der Waals surface area contributed by atoms with E-state index < -0.39 is 5.97 Å². The fraction of sp³-hybridized carbons (Fsp3) is 0.818. The van der Waals surface area contributed by atoms with Crippen molar-refractivity contribution in [1.29, 1.82) is 0 Å². The molecule has 1 aliphatic rings. The van der Waals surface area contributed by atoms with Gasteiger partial charge in [0.15, 0.2) is 0 Å². The number of carbonyl (C=O) groups is 2. The van der Waals surface area contributed by atoms with E-state index in [-0.39, 0.29) is 17.7 Å². The second kappa shape index (κ2) is 5.14. The van der Waals surface area contributed by atoms with E-state index in [0.29, 0.717) is 19.5 Å². The summed E-state index contributed by atoms with van der Waals surface area (Å²) < 4.78 is 0. The summed E-state index contributed by atoms with van der Waals surface area (Å²) in [6.07, 6.45) is 2.27. The molecule has 1 aliphatic heterocycles. The van der Waals surface area contributed by atoms with E-state index in [0.717, 1.165) is 12.8 Å². The monoisotopic (exact) mass is 213 g/mol. The van der Waals surface area contributed by atoms with Gasteiger partial charge in [0, 0.05) is 19.0 Å². The average Bonchev–Trinajstić information content (AvgIpc) is 2.68. The van der Waals surface area contributed by atoms with E-state index in [1.807, 2.05) is 13.8 Å². The van der Waals surface area contributed by atoms with Crippen molar-refractivity contribution >= 4 is 11.9 Å². The molecule has 4 heteroatoms. The second-order valence-corrected chi connectivity index (χ2v) is 4.12. The van der Waals surface area contributed by atoms with Gasteiger partial charge >= 0.3 is 5.97 Å². The van der Waals surface area contributed by atoms with Crippen molar-refractivity contribution in [2.45, 2.75) is 33.1 Å². The lowest BCUT2D eigenvalue weighted by atomic mass is 10.0. The molecule has 1 fully saturated rings. The number of likely N-dealkylation sites (tertiary alicyclic amines) is 1. The number of rotatable bonds is 4. The van der Waals surface area contributed by atoms with E-state index in [4.69, 9.17) is 5.11 Å². The first-order chi connectivity index (χ1) is 7.10. The van der Waals surface area contributed by atoms with E-state index >= 15 is 0 Å². The fourth-order valence-electron chi connectivity index (χ4n) is 2.06. The van der Waals surface area contributed by atoms with Crippen molar-refractivity contribution in [2.75, 3.05) is 13.1 Å². The molecule has 0 aromatic rings. The van der Waals surface area contributed by atoms with Crippen LogP contribution in [0.5, 0.6) is 0 Å². The molecule has 0 bridgehead atoms. The lowest BCUT2D eigenvalue weighted by Gasteiger charge is -2.21. The summed E-state index contributed by atoms with van der Waals surface area (Å²) in [5, 5.41) is 8.83. The SMILES string of the molecule is CCC(CC)C(=O)N1CCC(C(=O)O)C1. The molecule has 1 atom stereocenters. The molecule has 1 unspecified atom stereocenters. The minimum atomic E-state index is -0.783. The molecule has 0 spiro atoms. The molecule has 1 saturated heterocycles. The van der Waals surface area contributed by atoms with Crippen LogP contribution in [0.3, 0.4) is 0 Å². The van der Waals surface area contributed by atoms with Gasteiger partial charge in [-0.15, -0.1) is 0 Å². The highest BCUT2D eigenvalue weighted by Crippen LogP contribution is 2.20. The topological polar surface area (TPSA) is 57.6 Å². The van der Waals surface area contributed by atoms with E-state index in [1.54, 1.807) is 4.90 Å². The summed E-state index contributed by atoms with van der Waals surface area (Å²) >= 11 is 0. The number of aliphatic carboxylic acids is 1. The molecule has 0 aliphatic carbocycles. The molecule has 4 nitrogen and oxygen atoms in total. The molecule has 0 aromatic heterocycles. The summed E-state index contributed by atoms with van der Waals surface area (Å²) in [6.45, 7) is 4.99. The maximum Gasteiger partial charge on any atom is 0.308 e. The quantitative estimate of drug-likeness (QED) is 0.767. The highest BCUT2D eigenvalue weighted by Gasteiger charge is 2.32. The van der Waals surface area contributed by atoms with Gasteiger partial charge in [0.25, 0.3) is 0 Å². The summed E-state index contributed by atoms with van der Waals surface area (Å²) in [5.74, 6) is -0.945. The largest absolute Gasteiger partial charge is 0.481 e. The van der Waals surface area contributed by atoms with E-state index in [1.165, 1.54) is 0 Å². The van der Waals surface area contributed by atoms with Gasteiger partial charge in [-0.3, -0.25) is 9.59 Å². The zero-order valence-corrected chi connectivity index (χ0v) is 9.40. The Labute approximate surface area is 90.3 Å². The third-order valence-corrected chi connectivity index (χ3v) is 3.18. The molecule has 1 amide bonds. The van der Waals surface area contributed by atoms with Gasteiger partial charge < -0.3 is 10.0 Å². The maximum atomic E-state index is 11.9. The molecular weight excluding hydrogens is 194 g/mol. The predicted octanol–water partition coefficient (Wildman–Crippen LogP) is 1.36. The zero-order chi connectivity index (χ0) is 11.4. The zero-order valence-electron chi connectivity index (χ0n) is 9.40. The molecule has 1 N–H and O–H groups in total. The number of carbonyl (C=O) groups excluding carboxylic acids is 1. The van der Waals surface area contributed by atoms with Crippen LogP contribution in [0.2, 0.25) is 0 Å². The predicted molar refractivity (Wildman–Crippen MR) is 56.4 cm³/mol. The van der Waals surface area contributed by atoms with Gasteiger partial charge in [-0.2, -0.15) is 0 Å². The Hall–Kier alpha value is -1.06. The van der Waals surface area contributed by atoms with Gasteiger partial charge in [0.05, 0.1) is 5.92 Å². The van der Waals surface area contributed by atoms with Crippen molar-refractivity contribution in [3.63, 3.8) is 0 Å². The number of amides is 1. The Kier molecular flexibility index (Phi) is 4.12. The first-order valence-electron chi connectivity index (χ1n) is 5.61. The van der Waals surface area contributed by atoms with Crippen molar-refractivity contribution in [3.8, 4) is 0 Å². The number of hydrogen-bond acceptors (Lipinski definition) is 2. The Morgan fingerprint density at radius 1 is 1.40 bits per heavy atom. The molecule has 0 saturated carbocycles. The molecule has 0 aromatic carbocycles. The van der Waals surface area contributed by atoms with Crippen LogP contribution < -0.4 is 0 Å². The van der Waals surface area contributed by atoms with Crippen molar-refractivity contribution in [1.82, 2.24) is 4.90 Å². The van der Waals surface area contributed by atoms with Gasteiger partial charge in [0.1, 0.15) is 0 Å². The third kappa shape index (κ3) is 2.70. The Morgan fingerprint density at radius 2 is 2.00 bits per heavy atom. The van der Waals surface area contributed by atoms with Crippen LogP contribution in [0.4, 0.5) is 0 Å². The minimum absolute atomic E-state index is 0.0672. The fourth-order valence-corrected chi connectivity index (χ4v) is 2.06. The normalized spacial score (nSPS) is 21.0. The molecule has 1 rings (SSSR count). The highest BCUT2D eigenvalue weighted by molar-refractivity contribution is 5.80. The first-order valence-corrected chi connectivity index (χ1v) is 5.61. The van der Waals surface area contributed by atoms with Crippen LogP contribution in [0.15, 0.2) is 0 Å². The van der Waals surface area contributed by atoms with Crippen LogP contribution in [-0.4, -0.2) is 35.0 Å². The van der Waals surface area contributed by atoms with Crippen molar-refractivity contribution in [3.05, 3.63) is 0 Å². The van der Waals surface area contributed by atoms with Crippen molar-refractivity contribution in [2.24, 2.45) is 11.8 Å². The average molecular weight is 213 g/mol. The Balaban J connectivity index is 2.53. The van der Waals surface area contributed by atoms with Crippen LogP contribution in [0.1, 0.15) is 33.1 Å². The molecule has 1 heterocycles. The van der Waals surface area contributed by atoms with Crippen molar-refractivity contribution < 1.29 is 14.7 Å². The maximum absolute atomic E-state index is 11.9. The summed E-state index contributed by atoms with van der Waals surface area (Å²) in [4.78, 5) is 24.4.